The van der Waals surface area contributed by atoms with Crippen molar-refractivity contribution in [1.29, 1.82) is 0 Å². The van der Waals surface area contributed by atoms with Gasteiger partial charge in [-0.1, -0.05) is 23.8 Å². The van der Waals surface area contributed by atoms with E-state index in [0.29, 0.717) is 6.61 Å². The first kappa shape index (κ1) is 19.9. The zero-order valence-electron chi connectivity index (χ0n) is 15.4. The highest BCUT2D eigenvalue weighted by atomic mass is 32.2. The minimum atomic E-state index is -3.58. The van der Waals surface area contributed by atoms with Gasteiger partial charge in [0.25, 0.3) is 5.91 Å². The van der Waals surface area contributed by atoms with Gasteiger partial charge < -0.3 is 10.1 Å². The molecular weight excluding hydrogens is 352 g/mol. The molecule has 7 heteroatoms. The first-order chi connectivity index (χ1) is 12.2. The van der Waals surface area contributed by atoms with Crippen molar-refractivity contribution in [3.8, 4) is 5.75 Å². The molecule has 2 aromatic rings. The van der Waals surface area contributed by atoms with Crippen molar-refractivity contribution in [3.05, 3.63) is 59.7 Å². The fourth-order valence-corrected chi connectivity index (χ4v) is 3.16. The number of nitrogens with one attached hydrogen (secondary N) is 1. The van der Waals surface area contributed by atoms with Crippen LogP contribution in [0.3, 0.4) is 0 Å². The monoisotopic (exact) mass is 376 g/mol. The molecule has 26 heavy (non-hydrogen) atoms. The van der Waals surface area contributed by atoms with Crippen LogP contribution in [0.2, 0.25) is 0 Å². The van der Waals surface area contributed by atoms with E-state index in [0.717, 1.165) is 15.6 Å². The van der Waals surface area contributed by atoms with E-state index >= 15 is 0 Å². The van der Waals surface area contributed by atoms with Crippen LogP contribution in [0, 0.1) is 6.92 Å². The molecule has 0 bridgehead atoms. The second-order valence-corrected chi connectivity index (χ2v) is 8.47. The van der Waals surface area contributed by atoms with Gasteiger partial charge in [0, 0.05) is 19.7 Å². The summed E-state index contributed by atoms with van der Waals surface area (Å²) >= 11 is 0. The van der Waals surface area contributed by atoms with Gasteiger partial charge in [-0.25, -0.2) is 12.7 Å². The van der Waals surface area contributed by atoms with Crippen molar-refractivity contribution in [2.24, 2.45) is 0 Å². The van der Waals surface area contributed by atoms with Gasteiger partial charge in [-0.15, -0.1) is 0 Å². The summed E-state index contributed by atoms with van der Waals surface area (Å²) in [5, 5.41) is 2.81. The number of sulfonamides is 1. The molecule has 0 aliphatic rings. The Labute approximate surface area is 154 Å². The third kappa shape index (κ3) is 5.06. The maximum Gasteiger partial charge on any atom is 0.251 e. The Balaban J connectivity index is 1.99. The molecule has 0 aliphatic heterocycles. The average Bonchev–Trinajstić information content (AvgIpc) is 2.61. The molecule has 2 aromatic carbocycles. The van der Waals surface area contributed by atoms with Crippen molar-refractivity contribution in [1.82, 2.24) is 9.62 Å². The number of hydrogen-bond donors (Lipinski definition) is 1. The summed E-state index contributed by atoms with van der Waals surface area (Å²) in [6.45, 7) is 4.13. The second kappa shape index (κ2) is 8.33. The average molecular weight is 376 g/mol. The molecule has 0 radical (unpaired) electrons. The molecule has 0 heterocycles. The molecule has 6 nitrogen and oxygen atoms in total. The highest BCUT2D eigenvalue weighted by Gasteiger charge is 2.19. The van der Waals surface area contributed by atoms with Gasteiger partial charge in [0.1, 0.15) is 12.4 Å². The van der Waals surface area contributed by atoms with Gasteiger partial charge in [0.2, 0.25) is 10.0 Å². The Bertz CT molecular complexity index is 861. The van der Waals surface area contributed by atoms with Crippen molar-refractivity contribution < 1.29 is 17.9 Å². The van der Waals surface area contributed by atoms with Gasteiger partial charge in [-0.3, -0.25) is 4.79 Å². The van der Waals surface area contributed by atoms with Crippen LogP contribution in [0.15, 0.2) is 53.4 Å². The predicted molar refractivity (Wildman–Crippen MR) is 101 cm³/mol. The first-order valence-electron chi connectivity index (χ1n) is 8.23. The quantitative estimate of drug-likeness (QED) is 0.805. The van der Waals surface area contributed by atoms with Crippen LogP contribution >= 0.6 is 0 Å². The van der Waals surface area contributed by atoms with Crippen LogP contribution in [0.1, 0.15) is 22.8 Å². The third-order valence-corrected chi connectivity index (χ3v) is 5.58. The summed E-state index contributed by atoms with van der Waals surface area (Å²) in [5.41, 5.74) is 1.43. The summed E-state index contributed by atoms with van der Waals surface area (Å²) in [6.07, 6.45) is 0. The Hall–Kier alpha value is -2.38. The number of aryl methyl sites for hydroxylation is 1. The van der Waals surface area contributed by atoms with E-state index in [1.165, 1.54) is 26.2 Å². The van der Waals surface area contributed by atoms with Crippen LogP contribution in [0.25, 0.3) is 0 Å². The van der Waals surface area contributed by atoms with E-state index in [4.69, 9.17) is 4.74 Å². The van der Waals surface area contributed by atoms with E-state index in [9.17, 15) is 13.2 Å². The number of benzene rings is 2. The summed E-state index contributed by atoms with van der Waals surface area (Å²) in [6, 6.07) is 13.4. The van der Waals surface area contributed by atoms with Crippen molar-refractivity contribution in [2.45, 2.75) is 24.8 Å². The number of carbonyl (C=O) groups is 1. The lowest BCUT2D eigenvalue weighted by molar-refractivity contribution is 0.0926. The fraction of sp³-hybridized carbons (Fsp3) is 0.316. The summed E-state index contributed by atoms with van der Waals surface area (Å²) in [4.78, 5) is 12.5. The molecule has 2 rings (SSSR count). The fourth-order valence-electron chi connectivity index (χ4n) is 2.21. The smallest absolute Gasteiger partial charge is 0.251 e. The lowest BCUT2D eigenvalue weighted by Gasteiger charge is -2.16. The van der Waals surface area contributed by atoms with Gasteiger partial charge in [0.05, 0.1) is 10.9 Å². The van der Waals surface area contributed by atoms with Gasteiger partial charge in [0.15, 0.2) is 0 Å². The van der Waals surface area contributed by atoms with Crippen molar-refractivity contribution in [2.75, 3.05) is 20.7 Å². The molecule has 1 atom stereocenters. The lowest BCUT2D eigenvalue weighted by Crippen LogP contribution is -2.36. The van der Waals surface area contributed by atoms with E-state index in [-0.39, 0.29) is 22.4 Å². The largest absolute Gasteiger partial charge is 0.491 e. The standard InChI is InChI=1S/C19H24N2O4S/c1-14-8-10-17(11-9-14)25-13-15(2)20-19(22)16-6-5-7-18(12-16)26(23,24)21(3)4/h5-12,15H,13H2,1-4H3,(H,20,22). The highest BCUT2D eigenvalue weighted by Crippen LogP contribution is 2.15. The van der Waals surface area contributed by atoms with Crippen LogP contribution in [0.5, 0.6) is 5.75 Å². The minimum absolute atomic E-state index is 0.0821. The zero-order chi connectivity index (χ0) is 19.3. The highest BCUT2D eigenvalue weighted by molar-refractivity contribution is 7.89. The normalized spacial score (nSPS) is 12.7. The summed E-state index contributed by atoms with van der Waals surface area (Å²) in [5.74, 6) is 0.386. The Kier molecular flexibility index (Phi) is 6.39. The zero-order valence-corrected chi connectivity index (χ0v) is 16.2. The van der Waals surface area contributed by atoms with Crippen LogP contribution in [0.4, 0.5) is 0 Å². The Morgan fingerprint density at radius 2 is 1.81 bits per heavy atom. The Morgan fingerprint density at radius 3 is 2.42 bits per heavy atom. The summed E-state index contributed by atoms with van der Waals surface area (Å²) < 4.78 is 31.1. The number of ether oxygens (including phenoxy) is 1. The van der Waals surface area contributed by atoms with Gasteiger partial charge in [-0.05, 0) is 44.2 Å². The molecule has 0 fully saturated rings. The van der Waals surface area contributed by atoms with E-state index < -0.39 is 10.0 Å². The molecule has 1 amide bonds. The third-order valence-electron chi connectivity index (χ3n) is 3.77. The molecule has 0 spiro atoms. The van der Waals surface area contributed by atoms with Gasteiger partial charge >= 0.3 is 0 Å². The van der Waals surface area contributed by atoms with E-state index in [2.05, 4.69) is 5.32 Å². The topological polar surface area (TPSA) is 75.7 Å². The predicted octanol–water partition coefficient (Wildman–Crippen LogP) is 2.44. The first-order valence-corrected chi connectivity index (χ1v) is 9.67. The SMILES string of the molecule is Cc1ccc(OCC(C)NC(=O)c2cccc(S(=O)(=O)N(C)C)c2)cc1. The number of rotatable bonds is 7. The maximum absolute atomic E-state index is 12.4. The van der Waals surface area contributed by atoms with E-state index in [1.807, 2.05) is 38.1 Å². The van der Waals surface area contributed by atoms with E-state index in [1.54, 1.807) is 12.1 Å². The molecule has 0 aromatic heterocycles. The minimum Gasteiger partial charge on any atom is -0.491 e. The molecule has 0 saturated carbocycles. The molecule has 140 valence electrons. The molecule has 0 aliphatic carbocycles. The number of nitrogens with zero attached hydrogens (tertiary/aromatic N) is 1. The number of hydrogen-bond acceptors (Lipinski definition) is 4. The maximum atomic E-state index is 12.4. The molecule has 1 N–H and O–H groups in total. The summed E-state index contributed by atoms with van der Waals surface area (Å²) in [7, 11) is -0.681. The lowest BCUT2D eigenvalue weighted by atomic mass is 10.2. The Morgan fingerprint density at radius 1 is 1.15 bits per heavy atom. The van der Waals surface area contributed by atoms with Crippen LogP contribution < -0.4 is 10.1 Å². The number of carbonyl (C=O) groups excluding carboxylic acids is 1. The molecular formula is C19H24N2O4S. The second-order valence-electron chi connectivity index (χ2n) is 6.31. The van der Waals surface area contributed by atoms with Crippen LogP contribution in [-0.4, -0.2) is 45.4 Å². The molecule has 1 unspecified atom stereocenters. The molecule has 0 saturated heterocycles. The van der Waals surface area contributed by atoms with Crippen LogP contribution in [-0.2, 0) is 10.0 Å². The van der Waals surface area contributed by atoms with Crippen molar-refractivity contribution >= 4 is 15.9 Å². The number of amides is 1. The van der Waals surface area contributed by atoms with Crippen molar-refractivity contribution in [3.63, 3.8) is 0 Å². The van der Waals surface area contributed by atoms with Gasteiger partial charge in [-0.2, -0.15) is 0 Å².